The summed E-state index contributed by atoms with van der Waals surface area (Å²) in [5, 5.41) is 4.28. The maximum atomic E-state index is 5.35. The van der Waals surface area contributed by atoms with Crippen LogP contribution in [-0.4, -0.2) is 31.2 Å². The Kier molecular flexibility index (Phi) is 4.58. The largest absolute Gasteiger partial charge is 0.497 e. The van der Waals surface area contributed by atoms with Gasteiger partial charge in [0.1, 0.15) is 11.5 Å². The molecule has 2 rings (SSSR count). The molecule has 1 aromatic carbocycles. The minimum atomic E-state index is 0.393. The molecule has 0 fully saturated rings. The van der Waals surface area contributed by atoms with Gasteiger partial charge in [-0.25, -0.2) is 0 Å². The smallest absolute Gasteiger partial charge is 0.161 e. The molecule has 1 N–H and O–H groups in total. The van der Waals surface area contributed by atoms with Gasteiger partial charge in [-0.3, -0.25) is 4.99 Å². The standard InChI is InChI=1S/C14H20N2O2S/c1-9(2)12-8-19-14(16-12)15-11-7-10(17-3)5-6-13(11)18-4/h5-7,9,12H,8H2,1-4H3,(H,15,16)/t12-/m1/s1. The van der Waals surface area contributed by atoms with Crippen LogP contribution in [0.1, 0.15) is 13.8 Å². The Morgan fingerprint density at radius 3 is 2.68 bits per heavy atom. The van der Waals surface area contributed by atoms with Crippen molar-refractivity contribution in [3.05, 3.63) is 18.2 Å². The lowest BCUT2D eigenvalue weighted by molar-refractivity contribution is 0.405. The first kappa shape index (κ1) is 14.1. The van der Waals surface area contributed by atoms with Gasteiger partial charge in [0.15, 0.2) is 5.17 Å². The summed E-state index contributed by atoms with van der Waals surface area (Å²) in [6.45, 7) is 4.40. The van der Waals surface area contributed by atoms with Gasteiger partial charge in [0.2, 0.25) is 0 Å². The van der Waals surface area contributed by atoms with Crippen LogP contribution in [0.25, 0.3) is 0 Å². The molecule has 4 nitrogen and oxygen atoms in total. The summed E-state index contributed by atoms with van der Waals surface area (Å²) in [5.74, 6) is 3.19. The van der Waals surface area contributed by atoms with Crippen molar-refractivity contribution in [2.75, 3.05) is 25.3 Å². The van der Waals surface area contributed by atoms with Crippen molar-refractivity contribution in [2.45, 2.75) is 19.9 Å². The van der Waals surface area contributed by atoms with Crippen LogP contribution in [0, 0.1) is 5.92 Å². The van der Waals surface area contributed by atoms with Crippen LogP contribution in [-0.2, 0) is 0 Å². The first-order valence-electron chi connectivity index (χ1n) is 6.33. The van der Waals surface area contributed by atoms with Crippen LogP contribution in [0.3, 0.4) is 0 Å². The van der Waals surface area contributed by atoms with E-state index < -0.39 is 0 Å². The van der Waals surface area contributed by atoms with Gasteiger partial charge in [-0.05, 0) is 18.1 Å². The van der Waals surface area contributed by atoms with Crippen LogP contribution in [0.15, 0.2) is 23.2 Å². The minimum absolute atomic E-state index is 0.393. The number of nitrogens with zero attached hydrogens (tertiary/aromatic N) is 1. The molecule has 104 valence electrons. The van der Waals surface area contributed by atoms with E-state index in [4.69, 9.17) is 9.47 Å². The van der Waals surface area contributed by atoms with Gasteiger partial charge >= 0.3 is 0 Å². The summed E-state index contributed by atoms with van der Waals surface area (Å²) in [4.78, 5) is 4.69. The molecule has 0 bridgehead atoms. The fourth-order valence-electron chi connectivity index (χ4n) is 1.83. The van der Waals surface area contributed by atoms with E-state index in [9.17, 15) is 0 Å². The van der Waals surface area contributed by atoms with E-state index >= 15 is 0 Å². The molecule has 0 saturated heterocycles. The maximum Gasteiger partial charge on any atom is 0.161 e. The topological polar surface area (TPSA) is 42.9 Å². The molecule has 1 aromatic rings. The fraction of sp³-hybridized carbons (Fsp3) is 0.500. The number of aliphatic imine (C=N–C) groups is 1. The van der Waals surface area contributed by atoms with Crippen molar-refractivity contribution < 1.29 is 9.47 Å². The normalized spacial score (nSPS) is 18.4. The molecule has 1 aliphatic heterocycles. The average Bonchev–Trinajstić information content (AvgIpc) is 2.87. The summed E-state index contributed by atoms with van der Waals surface area (Å²) in [6, 6.07) is 6.08. The van der Waals surface area contributed by atoms with Gasteiger partial charge in [0.25, 0.3) is 0 Å². The summed E-state index contributed by atoms with van der Waals surface area (Å²) in [6.07, 6.45) is 0. The van der Waals surface area contributed by atoms with Crippen LogP contribution >= 0.6 is 11.8 Å². The first-order chi connectivity index (χ1) is 9.13. The Bertz CT molecular complexity index is 475. The van der Waals surface area contributed by atoms with E-state index in [2.05, 4.69) is 24.2 Å². The zero-order valence-corrected chi connectivity index (χ0v) is 12.6. The molecular formula is C14H20N2O2S. The highest BCUT2D eigenvalue weighted by Gasteiger charge is 2.21. The number of ether oxygens (including phenoxy) is 2. The van der Waals surface area contributed by atoms with Crippen molar-refractivity contribution in [3.8, 4) is 11.5 Å². The van der Waals surface area contributed by atoms with Crippen molar-refractivity contribution in [1.29, 1.82) is 0 Å². The second-order valence-corrected chi connectivity index (χ2v) is 5.76. The van der Waals surface area contributed by atoms with E-state index in [1.807, 2.05) is 18.2 Å². The van der Waals surface area contributed by atoms with Gasteiger partial charge in [0, 0.05) is 11.8 Å². The van der Waals surface area contributed by atoms with Crippen molar-refractivity contribution in [3.63, 3.8) is 0 Å². The third kappa shape index (κ3) is 3.35. The van der Waals surface area contributed by atoms with Gasteiger partial charge in [-0.1, -0.05) is 25.6 Å². The second-order valence-electron chi connectivity index (χ2n) is 4.75. The van der Waals surface area contributed by atoms with Crippen LogP contribution in [0.4, 0.5) is 5.69 Å². The lowest BCUT2D eigenvalue weighted by Crippen LogP contribution is -2.12. The molecule has 1 atom stereocenters. The summed E-state index contributed by atoms with van der Waals surface area (Å²) in [7, 11) is 3.32. The number of anilines is 1. The number of thioether (sulfide) groups is 1. The number of nitrogens with one attached hydrogen (secondary N) is 1. The zero-order chi connectivity index (χ0) is 13.8. The summed E-state index contributed by atoms with van der Waals surface area (Å²) in [5.41, 5.74) is 0.887. The Morgan fingerprint density at radius 1 is 1.32 bits per heavy atom. The maximum absolute atomic E-state index is 5.35. The van der Waals surface area contributed by atoms with Gasteiger partial charge in [-0.2, -0.15) is 0 Å². The molecule has 19 heavy (non-hydrogen) atoms. The number of hydrogen-bond donors (Lipinski definition) is 1. The zero-order valence-electron chi connectivity index (χ0n) is 11.8. The third-order valence-electron chi connectivity index (χ3n) is 3.09. The molecule has 0 amide bonds. The molecule has 0 unspecified atom stereocenters. The third-order valence-corrected chi connectivity index (χ3v) is 4.08. The first-order valence-corrected chi connectivity index (χ1v) is 7.32. The second kappa shape index (κ2) is 6.19. The summed E-state index contributed by atoms with van der Waals surface area (Å²) >= 11 is 1.75. The number of rotatable bonds is 4. The van der Waals surface area contributed by atoms with Crippen molar-refractivity contribution >= 4 is 22.6 Å². The quantitative estimate of drug-likeness (QED) is 0.919. The highest BCUT2D eigenvalue weighted by molar-refractivity contribution is 8.14. The number of benzene rings is 1. The SMILES string of the molecule is COc1ccc(OC)c(NC2=N[C@@H](C(C)C)CS2)c1. The number of amidine groups is 1. The molecule has 1 aliphatic rings. The predicted molar refractivity (Wildman–Crippen MR) is 81.7 cm³/mol. The molecule has 0 radical (unpaired) electrons. The number of methoxy groups -OCH3 is 2. The van der Waals surface area contributed by atoms with Crippen molar-refractivity contribution in [2.24, 2.45) is 10.9 Å². The molecule has 1 heterocycles. The fourth-order valence-corrected chi connectivity index (χ4v) is 3.01. The molecule has 0 aliphatic carbocycles. The van der Waals surface area contributed by atoms with E-state index in [0.29, 0.717) is 12.0 Å². The van der Waals surface area contributed by atoms with Crippen LogP contribution in [0.2, 0.25) is 0 Å². The van der Waals surface area contributed by atoms with E-state index in [1.54, 1.807) is 26.0 Å². The van der Waals surface area contributed by atoms with E-state index in [-0.39, 0.29) is 0 Å². The van der Waals surface area contributed by atoms with Gasteiger partial charge in [-0.15, -0.1) is 0 Å². The lowest BCUT2D eigenvalue weighted by atomic mass is 10.1. The molecule has 0 saturated carbocycles. The lowest BCUT2D eigenvalue weighted by Gasteiger charge is -2.12. The van der Waals surface area contributed by atoms with Crippen LogP contribution < -0.4 is 14.8 Å². The molecular weight excluding hydrogens is 260 g/mol. The van der Waals surface area contributed by atoms with Gasteiger partial charge < -0.3 is 14.8 Å². The monoisotopic (exact) mass is 280 g/mol. The Hall–Kier alpha value is -1.36. The molecule has 5 heteroatoms. The molecule has 0 aromatic heterocycles. The van der Waals surface area contributed by atoms with Gasteiger partial charge in [0.05, 0.1) is 25.9 Å². The Labute approximate surface area is 118 Å². The average molecular weight is 280 g/mol. The molecule has 0 spiro atoms. The van der Waals surface area contributed by atoms with Crippen molar-refractivity contribution in [1.82, 2.24) is 0 Å². The predicted octanol–water partition coefficient (Wildman–Crippen LogP) is 3.24. The van der Waals surface area contributed by atoms with Crippen LogP contribution in [0.5, 0.6) is 11.5 Å². The Balaban J connectivity index is 2.16. The van der Waals surface area contributed by atoms with E-state index in [1.165, 1.54) is 0 Å². The summed E-state index contributed by atoms with van der Waals surface area (Å²) < 4.78 is 10.6. The Morgan fingerprint density at radius 2 is 2.11 bits per heavy atom. The highest BCUT2D eigenvalue weighted by Crippen LogP contribution is 2.31. The van der Waals surface area contributed by atoms with E-state index in [0.717, 1.165) is 28.1 Å². The highest BCUT2D eigenvalue weighted by atomic mass is 32.2. The number of hydrogen-bond acceptors (Lipinski definition) is 5. The minimum Gasteiger partial charge on any atom is -0.497 e.